The van der Waals surface area contributed by atoms with Crippen molar-refractivity contribution < 1.29 is 0 Å². The van der Waals surface area contributed by atoms with Crippen LogP contribution in [0, 0.1) is 0 Å². The van der Waals surface area contributed by atoms with Gasteiger partial charge < -0.3 is 0 Å². The summed E-state index contributed by atoms with van der Waals surface area (Å²) < 4.78 is 1.29. The number of hydrogen-bond acceptors (Lipinski definition) is 0. The maximum atomic E-state index is 5.89. The summed E-state index contributed by atoms with van der Waals surface area (Å²) in [5.74, 6) is 0. The van der Waals surface area contributed by atoms with Crippen LogP contribution in [0.5, 0.6) is 0 Å². The van der Waals surface area contributed by atoms with Gasteiger partial charge >= 0.3 is 14.3 Å². The summed E-state index contributed by atoms with van der Waals surface area (Å²) in [6, 6.07) is 14.6. The van der Waals surface area contributed by atoms with Crippen molar-refractivity contribution in [1.82, 2.24) is 0 Å². The molecule has 0 aromatic heterocycles. The molecule has 0 saturated carbocycles. The van der Waals surface area contributed by atoms with Crippen molar-refractivity contribution in [2.24, 2.45) is 0 Å². The lowest BCUT2D eigenvalue weighted by Crippen LogP contribution is -2.08. The average Bonchev–Trinajstić information content (AvgIpc) is 2.17. The molecule has 0 fully saturated rings. The SMILES string of the molecule is [Cl][Al][c]1cccc2ccccc12. The number of rotatable bonds is 1. The molecule has 0 spiro atoms. The molecule has 0 N–H and O–H groups in total. The van der Waals surface area contributed by atoms with Crippen molar-refractivity contribution >= 4 is 39.5 Å². The molecule has 0 atom stereocenters. The zero-order valence-electron chi connectivity index (χ0n) is 6.50. The van der Waals surface area contributed by atoms with Gasteiger partial charge in [-0.1, -0.05) is 46.9 Å². The van der Waals surface area contributed by atoms with Gasteiger partial charge in [0.05, 0.1) is 0 Å². The Hall–Kier alpha value is -0.478. The van der Waals surface area contributed by atoms with Crippen LogP contribution in [0.15, 0.2) is 42.5 Å². The minimum atomic E-state index is -0.101. The highest BCUT2D eigenvalue weighted by molar-refractivity contribution is 7.02. The minimum Gasteiger partial charge on any atom is -0.268 e. The van der Waals surface area contributed by atoms with Gasteiger partial charge in [0.25, 0.3) is 0 Å². The molecule has 2 aromatic carbocycles. The van der Waals surface area contributed by atoms with Crippen LogP contribution in [0.3, 0.4) is 0 Å². The summed E-state index contributed by atoms with van der Waals surface area (Å²) >= 11 is -0.101. The Bertz CT molecular complexity index is 392. The molecule has 0 amide bonds. The van der Waals surface area contributed by atoms with Crippen molar-refractivity contribution in [3.8, 4) is 0 Å². The van der Waals surface area contributed by atoms with Crippen molar-refractivity contribution in [3.05, 3.63) is 42.5 Å². The molecule has 0 saturated heterocycles. The lowest BCUT2D eigenvalue weighted by Gasteiger charge is -2.00. The van der Waals surface area contributed by atoms with Gasteiger partial charge in [0, 0.05) is 0 Å². The first-order valence-corrected chi connectivity index (χ1v) is 6.15. The molecule has 0 aliphatic carbocycles. The second kappa shape index (κ2) is 3.50. The lowest BCUT2D eigenvalue weighted by molar-refractivity contribution is 1.78. The normalized spacial score (nSPS) is 10.1. The molecule has 1 radical (unpaired) electrons. The number of fused-ring (bicyclic) bond motifs is 1. The second-order valence-electron chi connectivity index (χ2n) is 2.68. The highest BCUT2D eigenvalue weighted by atomic mass is 35.6. The molecule has 0 aliphatic rings. The van der Waals surface area contributed by atoms with E-state index >= 15 is 0 Å². The van der Waals surface area contributed by atoms with Gasteiger partial charge in [-0.2, -0.15) is 0 Å². The predicted molar refractivity (Wildman–Crippen MR) is 55.2 cm³/mol. The molecular weight excluding hydrogens is 183 g/mol. The van der Waals surface area contributed by atoms with Gasteiger partial charge in [-0.15, -0.1) is 0 Å². The van der Waals surface area contributed by atoms with Gasteiger partial charge in [0.1, 0.15) is 0 Å². The van der Waals surface area contributed by atoms with Gasteiger partial charge in [-0.05, 0) is 10.8 Å². The third-order valence-electron chi connectivity index (χ3n) is 1.94. The van der Waals surface area contributed by atoms with Crippen LogP contribution in [0.1, 0.15) is 0 Å². The van der Waals surface area contributed by atoms with Crippen LogP contribution >= 0.6 is 10.0 Å². The summed E-state index contributed by atoms with van der Waals surface area (Å²) in [4.78, 5) is 0. The topological polar surface area (TPSA) is 0 Å². The number of hydrogen-bond donors (Lipinski definition) is 0. The molecule has 2 rings (SSSR count). The highest BCUT2D eigenvalue weighted by Gasteiger charge is 1.98. The third-order valence-corrected chi connectivity index (χ3v) is 3.38. The predicted octanol–water partition coefficient (Wildman–Crippen LogP) is 2.32. The number of halogens is 1. The minimum absolute atomic E-state index is 0.101. The quantitative estimate of drug-likeness (QED) is 0.604. The zero-order valence-corrected chi connectivity index (χ0v) is 8.41. The molecule has 2 heteroatoms. The van der Waals surface area contributed by atoms with Crippen LogP contribution in [0.2, 0.25) is 0 Å². The Morgan fingerprint density at radius 1 is 0.917 bits per heavy atom. The van der Waals surface area contributed by atoms with E-state index in [2.05, 4.69) is 42.5 Å². The van der Waals surface area contributed by atoms with Crippen molar-refractivity contribution in [1.29, 1.82) is 0 Å². The highest BCUT2D eigenvalue weighted by Crippen LogP contribution is 2.10. The van der Waals surface area contributed by atoms with Crippen molar-refractivity contribution in [2.45, 2.75) is 0 Å². The van der Waals surface area contributed by atoms with E-state index in [0.717, 1.165) is 0 Å². The largest absolute Gasteiger partial charge is 0.398 e. The van der Waals surface area contributed by atoms with Crippen LogP contribution in [-0.2, 0) is 0 Å². The van der Waals surface area contributed by atoms with Crippen molar-refractivity contribution in [2.75, 3.05) is 0 Å². The molecule has 12 heavy (non-hydrogen) atoms. The summed E-state index contributed by atoms with van der Waals surface area (Å²) in [6.07, 6.45) is 0. The fourth-order valence-electron chi connectivity index (χ4n) is 1.35. The monoisotopic (exact) mass is 189 g/mol. The van der Waals surface area contributed by atoms with Crippen molar-refractivity contribution in [3.63, 3.8) is 0 Å². The maximum absolute atomic E-state index is 5.89. The smallest absolute Gasteiger partial charge is 0.268 e. The first-order chi connectivity index (χ1) is 5.92. The zero-order chi connectivity index (χ0) is 8.39. The molecule has 0 bridgehead atoms. The van der Waals surface area contributed by atoms with E-state index in [1.807, 2.05) is 0 Å². The van der Waals surface area contributed by atoms with E-state index in [4.69, 9.17) is 10.0 Å². The Morgan fingerprint density at radius 3 is 2.50 bits per heavy atom. The molecule has 0 nitrogen and oxygen atoms in total. The second-order valence-corrected chi connectivity index (χ2v) is 4.17. The van der Waals surface area contributed by atoms with Gasteiger partial charge in [0.15, 0.2) is 0 Å². The summed E-state index contributed by atoms with van der Waals surface area (Å²) in [5, 5.41) is 2.58. The third kappa shape index (κ3) is 1.36. The van der Waals surface area contributed by atoms with Crippen LogP contribution in [-0.4, -0.2) is 14.3 Å². The van der Waals surface area contributed by atoms with Crippen LogP contribution < -0.4 is 4.43 Å². The molecular formula is C10H7AlCl. The summed E-state index contributed by atoms with van der Waals surface area (Å²) in [6.45, 7) is 0. The van der Waals surface area contributed by atoms with Gasteiger partial charge in [0.2, 0.25) is 0 Å². The lowest BCUT2D eigenvalue weighted by atomic mass is 10.1. The fraction of sp³-hybridized carbons (Fsp3) is 0. The van der Waals surface area contributed by atoms with E-state index in [0.29, 0.717) is 0 Å². The first-order valence-electron chi connectivity index (χ1n) is 3.83. The molecule has 57 valence electrons. The van der Waals surface area contributed by atoms with Crippen LogP contribution in [0.25, 0.3) is 10.8 Å². The Labute approximate surface area is 82.1 Å². The average molecular weight is 190 g/mol. The van der Waals surface area contributed by atoms with E-state index in [1.54, 1.807) is 0 Å². The van der Waals surface area contributed by atoms with Gasteiger partial charge in [-0.25, -0.2) is 0 Å². The van der Waals surface area contributed by atoms with Gasteiger partial charge in [-0.3, -0.25) is 10.0 Å². The Morgan fingerprint density at radius 2 is 1.67 bits per heavy atom. The summed E-state index contributed by atoms with van der Waals surface area (Å²) in [7, 11) is 5.89. The molecule has 0 heterocycles. The molecule has 0 aliphatic heterocycles. The Balaban J connectivity index is 2.79. The van der Waals surface area contributed by atoms with Crippen LogP contribution in [0.4, 0.5) is 0 Å². The Kier molecular flexibility index (Phi) is 2.37. The van der Waals surface area contributed by atoms with E-state index < -0.39 is 0 Å². The molecule has 2 aromatic rings. The molecule has 0 unspecified atom stereocenters. The van der Waals surface area contributed by atoms with E-state index in [9.17, 15) is 0 Å². The maximum Gasteiger partial charge on any atom is 0.398 e. The van der Waals surface area contributed by atoms with E-state index in [-0.39, 0.29) is 14.3 Å². The number of benzene rings is 2. The fourth-order valence-corrected chi connectivity index (χ4v) is 2.48. The summed E-state index contributed by atoms with van der Waals surface area (Å²) in [5.41, 5.74) is 0. The van der Waals surface area contributed by atoms with E-state index in [1.165, 1.54) is 15.2 Å². The first kappa shape index (κ1) is 8.14. The standard InChI is InChI=1S/C10H7.Al.ClH/c1-2-6-10-8-4-3-7-9(10)5-1;;/h1-7H;;1H/q;+1;/p-1.